The van der Waals surface area contributed by atoms with Gasteiger partial charge < -0.3 is 0 Å². The summed E-state index contributed by atoms with van der Waals surface area (Å²) >= 11 is 0. The Morgan fingerprint density at radius 2 is 1.96 bits per heavy atom. The smallest absolute Gasteiger partial charge is 0.171 e. The Bertz CT molecular complexity index is 858. The van der Waals surface area contributed by atoms with Crippen molar-refractivity contribution in [2.24, 2.45) is 28.3 Å². The Kier molecular flexibility index (Phi) is 2.97. The molecule has 3 aliphatic rings. The first-order valence-electron chi connectivity index (χ1n) is 9.15. The lowest BCUT2D eigenvalue weighted by atomic mass is 9.64. The van der Waals surface area contributed by atoms with E-state index in [0.29, 0.717) is 23.1 Å². The molecule has 0 N–H and O–H groups in total. The SMILES string of the molecule is O=Nc1c(C(=O)C23CCCC2C2CCC3C2)ccc2ccccc12. The maximum absolute atomic E-state index is 13.7. The lowest BCUT2D eigenvalue weighted by Gasteiger charge is -2.38. The number of carbonyl (C=O) groups is 1. The van der Waals surface area contributed by atoms with Gasteiger partial charge in [-0.15, -0.1) is 4.91 Å². The van der Waals surface area contributed by atoms with Crippen LogP contribution in [-0.4, -0.2) is 5.78 Å². The molecule has 24 heavy (non-hydrogen) atoms. The maximum atomic E-state index is 13.7. The summed E-state index contributed by atoms with van der Waals surface area (Å²) in [5, 5.41) is 5.06. The highest BCUT2D eigenvalue weighted by atomic mass is 16.3. The zero-order valence-corrected chi connectivity index (χ0v) is 13.7. The molecule has 3 aliphatic carbocycles. The molecular formula is C21H21NO2. The van der Waals surface area contributed by atoms with Crippen LogP contribution < -0.4 is 0 Å². The molecule has 3 nitrogen and oxygen atoms in total. The summed E-state index contributed by atoms with van der Waals surface area (Å²) in [6.07, 6.45) is 7.03. The second-order valence-electron chi connectivity index (χ2n) is 7.91. The Labute approximate surface area is 141 Å². The Morgan fingerprint density at radius 1 is 1.08 bits per heavy atom. The summed E-state index contributed by atoms with van der Waals surface area (Å²) in [5.74, 6) is 2.00. The van der Waals surface area contributed by atoms with Crippen molar-refractivity contribution >= 4 is 22.2 Å². The van der Waals surface area contributed by atoms with Crippen molar-refractivity contribution in [2.45, 2.75) is 38.5 Å². The number of rotatable bonds is 3. The third-order valence-corrected chi connectivity index (χ3v) is 7.20. The maximum Gasteiger partial charge on any atom is 0.171 e. The van der Waals surface area contributed by atoms with Gasteiger partial charge in [-0.3, -0.25) is 4.79 Å². The molecule has 122 valence electrons. The third kappa shape index (κ3) is 1.65. The van der Waals surface area contributed by atoms with Crippen LogP contribution in [0, 0.1) is 28.1 Å². The van der Waals surface area contributed by atoms with Crippen molar-refractivity contribution in [2.75, 3.05) is 0 Å². The summed E-state index contributed by atoms with van der Waals surface area (Å²) in [7, 11) is 0. The number of Topliss-reactive ketones (excluding diaryl/α,β-unsaturated/α-hetero) is 1. The van der Waals surface area contributed by atoms with Gasteiger partial charge >= 0.3 is 0 Å². The van der Waals surface area contributed by atoms with Crippen LogP contribution in [0.25, 0.3) is 10.8 Å². The lowest BCUT2D eigenvalue weighted by Crippen LogP contribution is -2.40. The van der Waals surface area contributed by atoms with Crippen LogP contribution >= 0.6 is 0 Å². The fraction of sp³-hybridized carbons (Fsp3) is 0.476. The predicted octanol–water partition coefficient (Wildman–Crippen LogP) is 5.64. The van der Waals surface area contributed by atoms with Crippen molar-refractivity contribution in [1.29, 1.82) is 0 Å². The molecule has 3 fully saturated rings. The average molecular weight is 319 g/mol. The van der Waals surface area contributed by atoms with Crippen LogP contribution in [0.4, 0.5) is 5.69 Å². The van der Waals surface area contributed by atoms with Crippen molar-refractivity contribution in [3.8, 4) is 0 Å². The molecule has 5 rings (SSSR count). The van der Waals surface area contributed by atoms with E-state index in [1.54, 1.807) is 0 Å². The zero-order chi connectivity index (χ0) is 16.3. The van der Waals surface area contributed by atoms with E-state index in [0.717, 1.165) is 29.5 Å². The molecule has 2 bridgehead atoms. The monoisotopic (exact) mass is 319 g/mol. The highest BCUT2D eigenvalue weighted by Crippen LogP contribution is 2.67. The van der Waals surface area contributed by atoms with Crippen LogP contribution in [-0.2, 0) is 0 Å². The van der Waals surface area contributed by atoms with Crippen LogP contribution in [0.5, 0.6) is 0 Å². The van der Waals surface area contributed by atoms with E-state index in [9.17, 15) is 9.70 Å². The van der Waals surface area contributed by atoms with Crippen molar-refractivity contribution < 1.29 is 4.79 Å². The second kappa shape index (κ2) is 4.98. The molecule has 0 radical (unpaired) electrons. The summed E-state index contributed by atoms with van der Waals surface area (Å²) in [4.78, 5) is 25.3. The van der Waals surface area contributed by atoms with Crippen LogP contribution in [0.15, 0.2) is 41.6 Å². The molecule has 3 heteroatoms. The van der Waals surface area contributed by atoms with Crippen LogP contribution in [0.3, 0.4) is 0 Å². The summed E-state index contributed by atoms with van der Waals surface area (Å²) < 4.78 is 0. The van der Waals surface area contributed by atoms with Crippen molar-refractivity contribution in [3.63, 3.8) is 0 Å². The number of fused-ring (bicyclic) bond motifs is 6. The predicted molar refractivity (Wildman–Crippen MR) is 94.3 cm³/mol. The van der Waals surface area contributed by atoms with Gasteiger partial charge in [-0.05, 0) is 66.5 Å². The van der Waals surface area contributed by atoms with Gasteiger partial charge in [0, 0.05) is 16.4 Å². The molecule has 0 heterocycles. The van der Waals surface area contributed by atoms with Crippen LogP contribution in [0.1, 0.15) is 48.9 Å². The lowest BCUT2D eigenvalue weighted by molar-refractivity contribution is 0.0571. The van der Waals surface area contributed by atoms with Gasteiger partial charge in [-0.25, -0.2) is 0 Å². The van der Waals surface area contributed by atoms with E-state index >= 15 is 0 Å². The van der Waals surface area contributed by atoms with E-state index in [-0.39, 0.29) is 11.2 Å². The minimum absolute atomic E-state index is 0.204. The van der Waals surface area contributed by atoms with Crippen molar-refractivity contribution in [3.05, 3.63) is 46.9 Å². The molecule has 0 saturated heterocycles. The van der Waals surface area contributed by atoms with E-state index < -0.39 is 0 Å². The quantitative estimate of drug-likeness (QED) is 0.543. The van der Waals surface area contributed by atoms with Gasteiger partial charge in [0.15, 0.2) is 5.78 Å². The summed E-state index contributed by atoms with van der Waals surface area (Å²) in [6, 6.07) is 11.5. The fourth-order valence-corrected chi connectivity index (χ4v) is 6.33. The number of nitroso groups, excluding NO2 is 1. The highest BCUT2D eigenvalue weighted by Gasteiger charge is 2.63. The first-order valence-corrected chi connectivity index (χ1v) is 9.15. The van der Waals surface area contributed by atoms with Gasteiger partial charge in [0.1, 0.15) is 5.69 Å². The molecule has 4 unspecified atom stereocenters. The van der Waals surface area contributed by atoms with E-state index in [1.807, 2.05) is 36.4 Å². The zero-order valence-electron chi connectivity index (χ0n) is 13.7. The average Bonchev–Trinajstić information content (AvgIpc) is 3.32. The molecule has 2 aromatic carbocycles. The van der Waals surface area contributed by atoms with E-state index in [1.165, 1.54) is 25.7 Å². The topological polar surface area (TPSA) is 46.5 Å². The van der Waals surface area contributed by atoms with E-state index in [2.05, 4.69) is 5.18 Å². The van der Waals surface area contributed by atoms with Gasteiger partial charge in [-0.2, -0.15) is 0 Å². The summed E-state index contributed by atoms with van der Waals surface area (Å²) in [5.41, 5.74) is 0.703. The molecule has 0 spiro atoms. The summed E-state index contributed by atoms with van der Waals surface area (Å²) in [6.45, 7) is 0. The molecule has 0 aliphatic heterocycles. The van der Waals surface area contributed by atoms with Gasteiger partial charge in [0.05, 0.1) is 0 Å². The van der Waals surface area contributed by atoms with Crippen molar-refractivity contribution in [1.82, 2.24) is 0 Å². The number of hydrogen-bond acceptors (Lipinski definition) is 3. The van der Waals surface area contributed by atoms with Gasteiger partial charge in [-0.1, -0.05) is 36.8 Å². The fourth-order valence-electron chi connectivity index (χ4n) is 6.33. The number of ketones is 1. The molecule has 2 aromatic rings. The molecule has 4 atom stereocenters. The van der Waals surface area contributed by atoms with Gasteiger partial charge in [0.25, 0.3) is 0 Å². The number of carbonyl (C=O) groups excluding carboxylic acids is 1. The molecular weight excluding hydrogens is 298 g/mol. The number of benzene rings is 2. The van der Waals surface area contributed by atoms with Crippen LogP contribution in [0.2, 0.25) is 0 Å². The largest absolute Gasteiger partial charge is 0.293 e. The minimum Gasteiger partial charge on any atom is -0.293 e. The third-order valence-electron chi connectivity index (χ3n) is 7.20. The Hall–Kier alpha value is -2.03. The first kappa shape index (κ1) is 14.3. The number of nitrogens with zero attached hydrogens (tertiary/aromatic N) is 1. The Morgan fingerprint density at radius 3 is 2.83 bits per heavy atom. The number of hydrogen-bond donors (Lipinski definition) is 0. The second-order valence-corrected chi connectivity index (χ2v) is 7.91. The molecule has 0 amide bonds. The molecule has 3 saturated carbocycles. The Balaban J connectivity index is 1.68. The van der Waals surface area contributed by atoms with Gasteiger partial charge in [0.2, 0.25) is 0 Å². The minimum atomic E-state index is -0.204. The highest BCUT2D eigenvalue weighted by molar-refractivity contribution is 6.11. The molecule has 0 aromatic heterocycles. The van der Waals surface area contributed by atoms with E-state index in [4.69, 9.17) is 0 Å². The first-order chi connectivity index (χ1) is 11.8. The standard InChI is InChI=1S/C21H21NO2/c23-20(21-11-3-6-18(21)14-7-9-15(21)12-14)17-10-8-13-4-1-2-5-16(13)19(17)22-24/h1-2,4-5,8,10,14-15,18H,3,6-7,9,11-12H2. The normalized spacial score (nSPS) is 33.8.